The number of hydrogen-bond acceptors (Lipinski definition) is 8. The van der Waals surface area contributed by atoms with Gasteiger partial charge in [0.25, 0.3) is 0 Å². The van der Waals surface area contributed by atoms with Crippen LogP contribution in [0.3, 0.4) is 0 Å². The van der Waals surface area contributed by atoms with E-state index in [0.717, 1.165) is 19.4 Å². The third-order valence-electron chi connectivity index (χ3n) is 5.12. The van der Waals surface area contributed by atoms with Crippen LogP contribution in [0.2, 0.25) is 0 Å². The lowest BCUT2D eigenvalue weighted by atomic mass is 10.2. The van der Waals surface area contributed by atoms with E-state index in [1.807, 2.05) is 60.7 Å². The average Bonchev–Trinajstić information content (AvgIpc) is 2.95. The second-order valence-electron chi connectivity index (χ2n) is 8.12. The van der Waals surface area contributed by atoms with Gasteiger partial charge in [0.15, 0.2) is 0 Å². The summed E-state index contributed by atoms with van der Waals surface area (Å²) in [6.07, 6.45) is 2.18. The largest absolute Gasteiger partial charge is 0.460 e. The monoisotopic (exact) mass is 524 g/mol. The second kappa shape index (κ2) is 17.8. The SMILES string of the molecule is CCCCOCCOCCOCCOC(=O)c1ccc(OC(Oc2ccccc2)Oc2ccccc2)cc1. The highest BCUT2D eigenvalue weighted by Crippen LogP contribution is 2.20. The van der Waals surface area contributed by atoms with E-state index in [-0.39, 0.29) is 6.61 Å². The van der Waals surface area contributed by atoms with Crippen molar-refractivity contribution in [2.75, 3.05) is 46.2 Å². The first-order valence-electron chi connectivity index (χ1n) is 12.8. The highest BCUT2D eigenvalue weighted by molar-refractivity contribution is 5.89. The van der Waals surface area contributed by atoms with E-state index >= 15 is 0 Å². The highest BCUT2D eigenvalue weighted by Gasteiger charge is 2.16. The fourth-order valence-electron chi connectivity index (χ4n) is 3.14. The lowest BCUT2D eigenvalue weighted by Gasteiger charge is -2.21. The molecule has 3 aromatic carbocycles. The van der Waals surface area contributed by atoms with Crippen molar-refractivity contribution >= 4 is 5.97 Å². The van der Waals surface area contributed by atoms with Crippen LogP contribution < -0.4 is 14.2 Å². The number of benzene rings is 3. The molecule has 0 spiro atoms. The van der Waals surface area contributed by atoms with Crippen molar-refractivity contribution in [3.05, 3.63) is 90.5 Å². The van der Waals surface area contributed by atoms with Crippen LogP contribution in [0.4, 0.5) is 0 Å². The van der Waals surface area contributed by atoms with Gasteiger partial charge in [-0.25, -0.2) is 4.79 Å². The standard InChI is InChI=1S/C30H36O8/c1-2-3-18-32-19-20-33-21-22-34-23-24-35-29(31)25-14-16-28(17-15-25)38-30(36-26-10-6-4-7-11-26)37-27-12-8-5-9-13-27/h4-17,30H,2-3,18-24H2,1H3. The number of rotatable bonds is 19. The maximum Gasteiger partial charge on any atom is 0.406 e. The Kier molecular flexibility index (Phi) is 13.6. The Morgan fingerprint density at radius 3 is 1.53 bits per heavy atom. The fourth-order valence-corrected chi connectivity index (χ4v) is 3.14. The second-order valence-corrected chi connectivity index (χ2v) is 8.12. The van der Waals surface area contributed by atoms with Gasteiger partial charge in [-0.2, -0.15) is 0 Å². The maximum atomic E-state index is 12.3. The molecule has 0 unspecified atom stereocenters. The molecular weight excluding hydrogens is 488 g/mol. The van der Waals surface area contributed by atoms with Crippen molar-refractivity contribution in [3.63, 3.8) is 0 Å². The summed E-state index contributed by atoms with van der Waals surface area (Å²) in [5, 5.41) is 0. The highest BCUT2D eigenvalue weighted by atomic mass is 16.8. The van der Waals surface area contributed by atoms with E-state index < -0.39 is 12.4 Å². The van der Waals surface area contributed by atoms with Gasteiger partial charge >= 0.3 is 12.4 Å². The summed E-state index contributed by atoms with van der Waals surface area (Å²) in [5.41, 5.74) is 0.397. The zero-order chi connectivity index (χ0) is 26.7. The Morgan fingerprint density at radius 1 is 0.579 bits per heavy atom. The van der Waals surface area contributed by atoms with E-state index in [4.69, 9.17) is 33.2 Å². The summed E-state index contributed by atoms with van der Waals surface area (Å²) in [5.74, 6) is 1.22. The Bertz CT molecular complexity index is 970. The van der Waals surface area contributed by atoms with Crippen molar-refractivity contribution in [2.45, 2.75) is 26.2 Å². The molecule has 0 amide bonds. The molecule has 0 radical (unpaired) electrons. The molecule has 8 nitrogen and oxygen atoms in total. The van der Waals surface area contributed by atoms with Crippen molar-refractivity contribution in [1.82, 2.24) is 0 Å². The number of para-hydroxylation sites is 2. The third kappa shape index (κ3) is 11.6. The Balaban J connectivity index is 1.37. The molecule has 204 valence electrons. The molecule has 0 heterocycles. The molecule has 0 N–H and O–H groups in total. The predicted molar refractivity (Wildman–Crippen MR) is 143 cm³/mol. The van der Waals surface area contributed by atoms with Crippen molar-refractivity contribution in [1.29, 1.82) is 0 Å². The van der Waals surface area contributed by atoms with Gasteiger partial charge in [0.2, 0.25) is 0 Å². The van der Waals surface area contributed by atoms with Gasteiger partial charge in [0, 0.05) is 6.61 Å². The van der Waals surface area contributed by atoms with Gasteiger partial charge in [-0.05, 0) is 55.0 Å². The third-order valence-corrected chi connectivity index (χ3v) is 5.12. The van der Waals surface area contributed by atoms with Crippen LogP contribution in [0.25, 0.3) is 0 Å². The zero-order valence-corrected chi connectivity index (χ0v) is 21.8. The molecule has 0 aliphatic heterocycles. The number of hydrogen-bond donors (Lipinski definition) is 0. The Morgan fingerprint density at radius 2 is 1.03 bits per heavy atom. The van der Waals surface area contributed by atoms with Crippen molar-refractivity contribution in [2.24, 2.45) is 0 Å². The van der Waals surface area contributed by atoms with Crippen LogP contribution in [0.1, 0.15) is 30.1 Å². The summed E-state index contributed by atoms with van der Waals surface area (Å²) in [7, 11) is 0. The molecule has 0 bridgehead atoms. The van der Waals surface area contributed by atoms with Crippen LogP contribution in [-0.4, -0.2) is 58.7 Å². The molecular formula is C30H36O8. The van der Waals surface area contributed by atoms with Gasteiger partial charge in [-0.3, -0.25) is 0 Å². The molecule has 0 aliphatic rings. The zero-order valence-electron chi connectivity index (χ0n) is 21.8. The molecule has 0 aromatic heterocycles. The number of ether oxygens (including phenoxy) is 7. The van der Waals surface area contributed by atoms with E-state index in [2.05, 4.69) is 6.92 Å². The lowest BCUT2D eigenvalue weighted by molar-refractivity contribution is -0.140. The summed E-state index contributed by atoms with van der Waals surface area (Å²) in [4.78, 5) is 12.3. The number of unbranched alkanes of at least 4 members (excludes halogenated alkanes) is 1. The number of esters is 1. The average molecular weight is 525 g/mol. The normalized spacial score (nSPS) is 10.8. The smallest absolute Gasteiger partial charge is 0.406 e. The minimum absolute atomic E-state index is 0.148. The number of carbonyl (C=O) groups excluding carboxylic acids is 1. The molecule has 3 aromatic rings. The quantitative estimate of drug-likeness (QED) is 0.115. The Hall–Kier alpha value is -3.59. The molecule has 8 heteroatoms. The Labute approximate surface area is 224 Å². The van der Waals surface area contributed by atoms with Gasteiger partial charge < -0.3 is 33.2 Å². The predicted octanol–water partition coefficient (Wildman–Crippen LogP) is 5.51. The molecule has 0 fully saturated rings. The van der Waals surface area contributed by atoms with Crippen LogP contribution in [-0.2, 0) is 18.9 Å². The van der Waals surface area contributed by atoms with Crippen LogP contribution in [0, 0.1) is 0 Å². The first-order chi connectivity index (χ1) is 18.7. The summed E-state index contributed by atoms with van der Waals surface area (Å²) in [6.45, 7) is 4.32. The van der Waals surface area contributed by atoms with Gasteiger partial charge in [0.1, 0.15) is 23.9 Å². The van der Waals surface area contributed by atoms with Crippen LogP contribution >= 0.6 is 0 Å². The summed E-state index contributed by atoms with van der Waals surface area (Å²) < 4.78 is 39.2. The van der Waals surface area contributed by atoms with Gasteiger partial charge in [0.05, 0.1) is 38.6 Å². The molecule has 3 rings (SSSR count). The molecule has 38 heavy (non-hydrogen) atoms. The first-order valence-corrected chi connectivity index (χ1v) is 12.8. The molecule has 0 saturated heterocycles. The molecule has 0 aliphatic carbocycles. The number of carbonyl (C=O) groups is 1. The minimum atomic E-state index is -1.03. The molecule has 0 saturated carbocycles. The van der Waals surface area contributed by atoms with Gasteiger partial charge in [-0.1, -0.05) is 49.7 Å². The summed E-state index contributed by atoms with van der Waals surface area (Å²) >= 11 is 0. The van der Waals surface area contributed by atoms with E-state index in [0.29, 0.717) is 55.8 Å². The van der Waals surface area contributed by atoms with Gasteiger partial charge in [-0.15, -0.1) is 0 Å². The van der Waals surface area contributed by atoms with Crippen molar-refractivity contribution < 1.29 is 38.0 Å². The maximum absolute atomic E-state index is 12.3. The van der Waals surface area contributed by atoms with E-state index in [1.165, 1.54) is 0 Å². The molecule has 0 atom stereocenters. The van der Waals surface area contributed by atoms with E-state index in [9.17, 15) is 4.79 Å². The minimum Gasteiger partial charge on any atom is -0.460 e. The van der Waals surface area contributed by atoms with Crippen molar-refractivity contribution in [3.8, 4) is 17.2 Å². The van der Waals surface area contributed by atoms with E-state index in [1.54, 1.807) is 24.3 Å². The lowest BCUT2D eigenvalue weighted by Crippen LogP contribution is -2.30. The van der Waals surface area contributed by atoms with Crippen LogP contribution in [0.5, 0.6) is 17.2 Å². The summed E-state index contributed by atoms with van der Waals surface area (Å²) in [6, 6.07) is 25.0. The topological polar surface area (TPSA) is 81.7 Å². The fraction of sp³-hybridized carbons (Fsp3) is 0.367. The first kappa shape index (κ1) is 29.0. The van der Waals surface area contributed by atoms with Crippen LogP contribution in [0.15, 0.2) is 84.9 Å².